The Balaban J connectivity index is 0. The summed E-state index contributed by atoms with van der Waals surface area (Å²) in [5, 5.41) is 0. The van der Waals surface area contributed by atoms with Gasteiger partial charge in [-0.2, -0.15) is 25.3 Å². The fraction of sp³-hybridized carbons (Fsp3) is 0.955. The van der Waals surface area contributed by atoms with Crippen LogP contribution in [-0.4, -0.2) is 38.3 Å². The van der Waals surface area contributed by atoms with E-state index in [1.54, 1.807) is 0 Å². The van der Waals surface area contributed by atoms with E-state index >= 15 is 0 Å². The van der Waals surface area contributed by atoms with E-state index in [1.165, 1.54) is 83.5 Å². The van der Waals surface area contributed by atoms with Crippen molar-refractivity contribution >= 4 is 52.4 Å². The van der Waals surface area contributed by atoms with Crippen LogP contribution in [0.25, 0.3) is 0 Å². The third-order valence-corrected chi connectivity index (χ3v) is 4.68. The number of hydrogen-bond donors (Lipinski definition) is 2. The zero-order chi connectivity index (χ0) is 20.6. The van der Waals surface area contributed by atoms with Crippen LogP contribution < -0.4 is 0 Å². The quantitative estimate of drug-likeness (QED) is 0.0629. The number of carbonyl (C=O) groups excluding carboxylic acids is 1. The summed E-state index contributed by atoms with van der Waals surface area (Å²) in [4.78, 5) is 16.0. The van der Waals surface area contributed by atoms with Gasteiger partial charge in [-0.1, -0.05) is 96.8 Å². The molecule has 162 valence electrons. The van der Waals surface area contributed by atoms with Crippen LogP contribution in [0.3, 0.4) is 0 Å². The molecule has 0 aliphatic heterocycles. The number of esters is 1. The summed E-state index contributed by atoms with van der Waals surface area (Å²) >= 11 is 8.35. The van der Waals surface area contributed by atoms with E-state index in [0.29, 0.717) is 13.0 Å². The molecular formula is C22H46O2S2Sn. The molecule has 0 N–H and O–H groups in total. The summed E-state index contributed by atoms with van der Waals surface area (Å²) in [5.74, 6) is -0.113. The van der Waals surface area contributed by atoms with Gasteiger partial charge in [-0.05, 0) is 6.42 Å². The summed E-state index contributed by atoms with van der Waals surface area (Å²) < 4.78 is 4.86. The summed E-state index contributed by atoms with van der Waals surface area (Å²) in [5.41, 5.74) is 0. The van der Waals surface area contributed by atoms with E-state index < -0.39 is 0 Å². The Morgan fingerprint density at radius 2 is 1.07 bits per heavy atom. The predicted octanol–water partition coefficient (Wildman–Crippen LogP) is 7.76. The van der Waals surface area contributed by atoms with Gasteiger partial charge in [-0.3, -0.25) is 4.79 Å². The molecule has 2 nitrogen and oxygen atoms in total. The van der Waals surface area contributed by atoms with Gasteiger partial charge in [0, 0.05) is 6.42 Å². The van der Waals surface area contributed by atoms with Crippen molar-refractivity contribution in [1.82, 2.24) is 0 Å². The van der Waals surface area contributed by atoms with Crippen molar-refractivity contribution in [2.24, 2.45) is 0 Å². The second-order valence-electron chi connectivity index (χ2n) is 7.36. The first-order chi connectivity index (χ1) is 13.1. The monoisotopic (exact) mass is 526 g/mol. The van der Waals surface area contributed by atoms with Gasteiger partial charge < -0.3 is 4.74 Å². The second-order valence-corrected chi connectivity index (χ2v) is 11.9. The molecule has 0 spiro atoms. The molecule has 0 aromatic carbocycles. The molecule has 0 atom stereocenters. The molecule has 0 heterocycles. The molecule has 0 aliphatic rings. The molecule has 5 heteroatoms. The number of rotatable bonds is 18. The Kier molecular flexibility index (Phi) is 30.1. The molecule has 0 rings (SSSR count). The molecule has 0 aliphatic carbocycles. The molecule has 0 fully saturated rings. The van der Waals surface area contributed by atoms with Crippen LogP contribution in [0.15, 0.2) is 0 Å². The van der Waals surface area contributed by atoms with Gasteiger partial charge in [0.25, 0.3) is 0 Å². The summed E-state index contributed by atoms with van der Waals surface area (Å²) in [6, 6.07) is 0. The van der Waals surface area contributed by atoms with Gasteiger partial charge in [0.05, 0.1) is 4.58 Å². The Morgan fingerprint density at radius 3 is 1.41 bits per heavy atom. The molecule has 0 aromatic heterocycles. The van der Waals surface area contributed by atoms with Crippen LogP contribution in [0.2, 0.25) is 9.88 Å². The maximum atomic E-state index is 11.4. The number of ether oxygens (including phenoxy) is 1. The molecule has 0 saturated carbocycles. The van der Waals surface area contributed by atoms with Crippen LogP contribution in [0, 0.1) is 0 Å². The number of thiol groups is 2. The Morgan fingerprint density at radius 1 is 0.741 bits per heavy atom. The maximum absolute atomic E-state index is 11.4. The van der Waals surface area contributed by atoms with Crippen molar-refractivity contribution in [2.45, 2.75) is 124 Å². The van der Waals surface area contributed by atoms with Gasteiger partial charge in [0.15, 0.2) is 0 Å². The molecule has 2 radical (unpaired) electrons. The predicted molar refractivity (Wildman–Crippen MR) is 130 cm³/mol. The Labute approximate surface area is 191 Å². The first-order valence-corrected chi connectivity index (χ1v) is 17.9. The molecule has 0 saturated heterocycles. The Bertz CT molecular complexity index is 289. The first kappa shape index (κ1) is 30.2. The van der Waals surface area contributed by atoms with E-state index in [2.05, 4.69) is 42.1 Å². The van der Waals surface area contributed by atoms with E-state index in [4.69, 9.17) is 4.74 Å². The fourth-order valence-electron chi connectivity index (χ4n) is 2.88. The van der Waals surface area contributed by atoms with E-state index in [-0.39, 0.29) is 31.7 Å². The van der Waals surface area contributed by atoms with E-state index in [9.17, 15) is 4.79 Å². The minimum absolute atomic E-state index is 0.113. The normalized spacial score (nSPS) is 10.6. The van der Waals surface area contributed by atoms with Crippen molar-refractivity contribution in [1.29, 1.82) is 0 Å². The zero-order valence-corrected chi connectivity index (χ0v) is 23.0. The van der Waals surface area contributed by atoms with Crippen LogP contribution >= 0.6 is 25.3 Å². The van der Waals surface area contributed by atoms with Crippen LogP contribution in [-0.2, 0) is 9.53 Å². The molecule has 27 heavy (non-hydrogen) atoms. The molecule has 0 aromatic rings. The average molecular weight is 525 g/mol. The topological polar surface area (TPSA) is 26.3 Å². The molecular weight excluding hydrogens is 479 g/mol. The van der Waals surface area contributed by atoms with Gasteiger partial charge in [-0.25, -0.2) is 0 Å². The number of carbonyl (C=O) groups is 1. The molecule has 0 amide bonds. The summed E-state index contributed by atoms with van der Waals surface area (Å²) in [7, 11) is 0. The average Bonchev–Trinajstić information content (AvgIpc) is 2.64. The zero-order valence-electron chi connectivity index (χ0n) is 18.3. The van der Waals surface area contributed by atoms with Crippen molar-refractivity contribution in [3.63, 3.8) is 0 Å². The fourth-order valence-corrected chi connectivity index (χ4v) is 3.03. The van der Waals surface area contributed by atoms with Gasteiger partial charge in [-0.15, -0.1) is 0 Å². The van der Waals surface area contributed by atoms with Crippen molar-refractivity contribution < 1.29 is 9.53 Å². The van der Waals surface area contributed by atoms with E-state index in [0.717, 1.165) is 12.8 Å². The third-order valence-electron chi connectivity index (χ3n) is 4.38. The van der Waals surface area contributed by atoms with Crippen molar-refractivity contribution in [3.05, 3.63) is 0 Å². The summed E-state index contributed by atoms with van der Waals surface area (Å²) in [6.45, 7) is 2.57. The summed E-state index contributed by atoms with van der Waals surface area (Å²) in [6.07, 6.45) is 20.6. The third kappa shape index (κ3) is 31.9. The second kappa shape index (κ2) is 27.0. The van der Waals surface area contributed by atoms with Gasteiger partial charge in [0.2, 0.25) is 0 Å². The SMILES string of the molecule is CCCCCCCCCCCCCCCCCC(=O)OCC(S)S.[CH3][Sn][CH3]. The van der Waals surface area contributed by atoms with E-state index in [1.807, 2.05) is 0 Å². The Hall–Kier alpha value is 0.969. The van der Waals surface area contributed by atoms with Crippen LogP contribution in [0.5, 0.6) is 0 Å². The van der Waals surface area contributed by atoms with Crippen LogP contribution in [0.4, 0.5) is 0 Å². The van der Waals surface area contributed by atoms with Crippen molar-refractivity contribution in [2.75, 3.05) is 6.61 Å². The first-order valence-electron chi connectivity index (χ1n) is 11.2. The standard InChI is InChI=1S/C20H40O2S2.2CH3.Sn/c1-2-3-4-5-6-7-8-9-10-11-12-13-14-15-16-17-19(21)22-18-20(23)24;;;/h20,23-24H,2-18H2,1H3;2*1H3;. The number of unbranched alkanes of at least 4 members (excludes halogenated alkanes) is 14. The van der Waals surface area contributed by atoms with Crippen LogP contribution in [0.1, 0.15) is 110 Å². The molecule has 0 unspecified atom stereocenters. The molecule has 0 bridgehead atoms. The van der Waals surface area contributed by atoms with Crippen molar-refractivity contribution in [3.8, 4) is 0 Å². The minimum atomic E-state index is -0.171. The van der Waals surface area contributed by atoms with Gasteiger partial charge in [0.1, 0.15) is 6.61 Å². The van der Waals surface area contributed by atoms with Gasteiger partial charge >= 0.3 is 37.0 Å². The number of hydrogen-bond acceptors (Lipinski definition) is 4.